The lowest BCUT2D eigenvalue weighted by Crippen LogP contribution is -1.95. The maximum absolute atomic E-state index is 12.5. The first kappa shape index (κ1) is 17.3. The lowest BCUT2D eigenvalue weighted by Gasteiger charge is -2.06. The zero-order valence-electron chi connectivity index (χ0n) is 14.7. The standard InChI is InChI=1S/C21H15NO4S/c1-12-13(2)17(22(24)25)9-8-15(12)18-10-7-14(26-18)11-20-21(23)16-5-3-4-6-19(16)27-20/h3-11H,1-2H3/b20-11+. The van der Waals surface area contributed by atoms with Crippen LogP contribution in [0, 0.1) is 24.0 Å². The number of thioether (sulfide) groups is 1. The van der Waals surface area contributed by atoms with E-state index in [-0.39, 0.29) is 16.4 Å². The smallest absolute Gasteiger partial charge is 0.272 e. The van der Waals surface area contributed by atoms with E-state index in [1.807, 2.05) is 37.3 Å². The first-order chi connectivity index (χ1) is 13.0. The number of Topliss-reactive ketones (excluding diaryl/α,β-unsaturated/α-hetero) is 1. The molecule has 3 aromatic rings. The van der Waals surface area contributed by atoms with Crippen molar-refractivity contribution in [3.8, 4) is 11.3 Å². The number of allylic oxidation sites excluding steroid dienone is 1. The SMILES string of the molecule is Cc1c(-c2ccc(/C=C3/Sc4ccccc4C3=O)o2)ccc([N+](=O)[O-])c1C. The van der Waals surface area contributed by atoms with Crippen molar-refractivity contribution >= 4 is 29.3 Å². The minimum Gasteiger partial charge on any atom is -0.457 e. The molecule has 0 bridgehead atoms. The van der Waals surface area contributed by atoms with Crippen LogP contribution in [0.3, 0.4) is 0 Å². The number of nitro groups is 1. The summed E-state index contributed by atoms with van der Waals surface area (Å²) < 4.78 is 5.90. The summed E-state index contributed by atoms with van der Waals surface area (Å²) in [5, 5.41) is 11.1. The highest BCUT2D eigenvalue weighted by molar-refractivity contribution is 8.04. The van der Waals surface area contributed by atoms with Gasteiger partial charge in [0.15, 0.2) is 0 Å². The molecule has 5 nitrogen and oxygen atoms in total. The summed E-state index contributed by atoms with van der Waals surface area (Å²) in [6.07, 6.45) is 1.74. The topological polar surface area (TPSA) is 73.3 Å². The van der Waals surface area contributed by atoms with Gasteiger partial charge in [0.1, 0.15) is 11.5 Å². The van der Waals surface area contributed by atoms with Gasteiger partial charge in [0, 0.05) is 27.7 Å². The first-order valence-electron chi connectivity index (χ1n) is 8.34. The Morgan fingerprint density at radius 3 is 2.52 bits per heavy atom. The maximum Gasteiger partial charge on any atom is 0.272 e. The van der Waals surface area contributed by atoms with Gasteiger partial charge in [-0.2, -0.15) is 0 Å². The van der Waals surface area contributed by atoms with Gasteiger partial charge in [0.25, 0.3) is 5.69 Å². The summed E-state index contributed by atoms with van der Waals surface area (Å²) in [5.41, 5.74) is 3.02. The molecule has 4 rings (SSSR count). The third-order valence-corrected chi connectivity index (χ3v) is 5.80. The van der Waals surface area contributed by atoms with E-state index in [0.717, 1.165) is 16.0 Å². The number of nitrogens with zero attached hydrogens (tertiary/aromatic N) is 1. The van der Waals surface area contributed by atoms with Gasteiger partial charge in [-0.3, -0.25) is 14.9 Å². The van der Waals surface area contributed by atoms with Gasteiger partial charge < -0.3 is 4.42 Å². The van der Waals surface area contributed by atoms with Gasteiger partial charge in [0.2, 0.25) is 5.78 Å². The third kappa shape index (κ3) is 2.98. The van der Waals surface area contributed by atoms with Crippen molar-refractivity contribution in [1.82, 2.24) is 0 Å². The Kier molecular flexibility index (Phi) is 4.20. The maximum atomic E-state index is 12.5. The molecule has 2 aromatic carbocycles. The van der Waals surface area contributed by atoms with E-state index in [0.29, 0.717) is 27.6 Å². The fourth-order valence-electron chi connectivity index (χ4n) is 3.11. The highest BCUT2D eigenvalue weighted by Gasteiger charge is 2.25. The average molecular weight is 377 g/mol. The van der Waals surface area contributed by atoms with E-state index >= 15 is 0 Å². The van der Waals surface area contributed by atoms with Crippen molar-refractivity contribution in [3.05, 3.63) is 86.0 Å². The number of benzene rings is 2. The summed E-state index contributed by atoms with van der Waals surface area (Å²) in [7, 11) is 0. The molecule has 0 N–H and O–H groups in total. The molecule has 2 heterocycles. The van der Waals surface area contributed by atoms with Gasteiger partial charge in [0.05, 0.1) is 9.83 Å². The minimum absolute atomic E-state index is 0.00379. The second kappa shape index (κ2) is 6.55. The van der Waals surface area contributed by atoms with Crippen LogP contribution < -0.4 is 0 Å². The lowest BCUT2D eigenvalue weighted by atomic mass is 10.00. The predicted molar refractivity (Wildman–Crippen MR) is 105 cm³/mol. The third-order valence-electron chi connectivity index (χ3n) is 4.70. The van der Waals surface area contributed by atoms with Gasteiger partial charge in [-0.05, 0) is 55.8 Å². The summed E-state index contributed by atoms with van der Waals surface area (Å²) in [4.78, 5) is 24.7. The molecule has 1 aromatic heterocycles. The molecule has 0 fully saturated rings. The molecular formula is C21H15NO4S. The van der Waals surface area contributed by atoms with Crippen LogP contribution >= 0.6 is 11.8 Å². The number of fused-ring (bicyclic) bond motifs is 1. The van der Waals surface area contributed by atoms with E-state index in [1.165, 1.54) is 17.8 Å². The molecular weight excluding hydrogens is 362 g/mol. The second-order valence-electron chi connectivity index (χ2n) is 6.28. The number of rotatable bonds is 3. The molecule has 0 unspecified atom stereocenters. The number of ketones is 1. The number of furan rings is 1. The van der Waals surface area contributed by atoms with Gasteiger partial charge in [-0.1, -0.05) is 23.9 Å². The highest BCUT2D eigenvalue weighted by atomic mass is 32.2. The van der Waals surface area contributed by atoms with Crippen LogP contribution in [-0.2, 0) is 0 Å². The average Bonchev–Trinajstić information content (AvgIpc) is 3.23. The molecule has 1 aliphatic rings. The monoisotopic (exact) mass is 377 g/mol. The van der Waals surface area contributed by atoms with Gasteiger partial charge in [-0.25, -0.2) is 0 Å². The summed E-state index contributed by atoms with van der Waals surface area (Å²) in [6.45, 7) is 3.57. The summed E-state index contributed by atoms with van der Waals surface area (Å²) >= 11 is 1.43. The van der Waals surface area contributed by atoms with Crippen LogP contribution in [0.1, 0.15) is 27.2 Å². The van der Waals surface area contributed by atoms with E-state index in [1.54, 1.807) is 25.1 Å². The van der Waals surface area contributed by atoms with Crippen LogP contribution in [0.5, 0.6) is 0 Å². The zero-order chi connectivity index (χ0) is 19.1. The van der Waals surface area contributed by atoms with Crippen molar-refractivity contribution in [3.63, 3.8) is 0 Å². The predicted octanol–water partition coefficient (Wildman–Crippen LogP) is 5.80. The van der Waals surface area contributed by atoms with E-state index in [9.17, 15) is 14.9 Å². The quantitative estimate of drug-likeness (QED) is 0.327. The summed E-state index contributed by atoms with van der Waals surface area (Å²) in [5.74, 6) is 1.19. The Morgan fingerprint density at radius 1 is 1.00 bits per heavy atom. The molecule has 0 saturated heterocycles. The largest absolute Gasteiger partial charge is 0.457 e. The number of nitro benzene ring substituents is 1. The highest BCUT2D eigenvalue weighted by Crippen LogP contribution is 2.41. The molecule has 0 aliphatic carbocycles. The van der Waals surface area contributed by atoms with Crippen LogP contribution in [0.2, 0.25) is 0 Å². The molecule has 0 atom stereocenters. The van der Waals surface area contributed by atoms with Crippen molar-refractivity contribution in [1.29, 1.82) is 0 Å². The Morgan fingerprint density at radius 2 is 1.78 bits per heavy atom. The number of carbonyl (C=O) groups is 1. The molecule has 0 amide bonds. The van der Waals surface area contributed by atoms with Crippen molar-refractivity contribution in [2.75, 3.05) is 0 Å². The van der Waals surface area contributed by atoms with E-state index in [2.05, 4.69) is 0 Å². The Bertz CT molecular complexity index is 1130. The van der Waals surface area contributed by atoms with Crippen molar-refractivity contribution < 1.29 is 14.1 Å². The second-order valence-corrected chi connectivity index (χ2v) is 7.36. The van der Waals surface area contributed by atoms with Crippen molar-refractivity contribution in [2.24, 2.45) is 0 Å². The van der Waals surface area contributed by atoms with Crippen LogP contribution in [-0.4, -0.2) is 10.7 Å². The number of hydrogen-bond acceptors (Lipinski definition) is 5. The molecule has 1 aliphatic heterocycles. The normalized spacial score (nSPS) is 14.6. The lowest BCUT2D eigenvalue weighted by molar-refractivity contribution is -0.385. The van der Waals surface area contributed by atoms with E-state index < -0.39 is 0 Å². The Labute approximate surface area is 159 Å². The minimum atomic E-state index is -0.384. The Hall–Kier alpha value is -3.12. The fraction of sp³-hybridized carbons (Fsp3) is 0.0952. The van der Waals surface area contributed by atoms with Crippen LogP contribution in [0.15, 0.2) is 62.7 Å². The van der Waals surface area contributed by atoms with E-state index in [4.69, 9.17) is 4.42 Å². The summed E-state index contributed by atoms with van der Waals surface area (Å²) in [6, 6.07) is 14.3. The van der Waals surface area contributed by atoms with Crippen molar-refractivity contribution in [2.45, 2.75) is 18.7 Å². The molecule has 134 valence electrons. The van der Waals surface area contributed by atoms with Gasteiger partial charge >= 0.3 is 0 Å². The first-order valence-corrected chi connectivity index (χ1v) is 9.15. The molecule has 27 heavy (non-hydrogen) atoms. The number of hydrogen-bond donors (Lipinski definition) is 0. The fourth-order valence-corrected chi connectivity index (χ4v) is 4.14. The zero-order valence-corrected chi connectivity index (χ0v) is 15.5. The van der Waals surface area contributed by atoms with Gasteiger partial charge in [-0.15, -0.1) is 0 Å². The molecule has 6 heteroatoms. The molecule has 0 spiro atoms. The molecule has 0 radical (unpaired) electrons. The van der Waals surface area contributed by atoms with Crippen LogP contribution in [0.25, 0.3) is 17.4 Å². The number of carbonyl (C=O) groups excluding carboxylic acids is 1. The molecule has 0 saturated carbocycles. The Balaban J connectivity index is 1.67. The van der Waals surface area contributed by atoms with Crippen LogP contribution in [0.4, 0.5) is 5.69 Å².